The third-order valence-electron chi connectivity index (χ3n) is 8.42. The zero-order valence-electron chi connectivity index (χ0n) is 22.4. The predicted molar refractivity (Wildman–Crippen MR) is 148 cm³/mol. The van der Waals surface area contributed by atoms with Gasteiger partial charge in [-0.1, -0.05) is 25.0 Å². The van der Waals surface area contributed by atoms with Crippen LogP contribution in [0.15, 0.2) is 47.3 Å². The fourth-order valence-corrected chi connectivity index (χ4v) is 6.06. The Labute approximate surface area is 222 Å². The van der Waals surface area contributed by atoms with Crippen molar-refractivity contribution in [2.24, 2.45) is 0 Å². The van der Waals surface area contributed by atoms with E-state index in [1.165, 1.54) is 18.5 Å². The lowest BCUT2D eigenvalue weighted by Gasteiger charge is -2.39. The number of methoxy groups -OCH3 is 1. The monoisotopic (exact) mass is 513 g/mol. The van der Waals surface area contributed by atoms with Crippen molar-refractivity contribution in [2.45, 2.75) is 51.6 Å². The van der Waals surface area contributed by atoms with Crippen LogP contribution in [0.3, 0.4) is 0 Å². The number of anilines is 1. The van der Waals surface area contributed by atoms with Crippen LogP contribution in [-0.2, 0) is 0 Å². The number of nitrogens with zero attached hydrogens (tertiary/aromatic N) is 6. The van der Waals surface area contributed by atoms with Gasteiger partial charge in [-0.15, -0.1) is 5.10 Å². The number of nitrogens with one attached hydrogen (secondary N) is 1. The van der Waals surface area contributed by atoms with Gasteiger partial charge in [0.1, 0.15) is 11.8 Å². The van der Waals surface area contributed by atoms with Crippen LogP contribution in [-0.4, -0.2) is 63.4 Å². The Morgan fingerprint density at radius 2 is 1.74 bits per heavy atom. The molecular weight excluding hydrogens is 478 g/mol. The van der Waals surface area contributed by atoms with E-state index in [2.05, 4.69) is 74.5 Å². The van der Waals surface area contributed by atoms with E-state index in [9.17, 15) is 4.79 Å². The number of fused-ring (bicyclic) bond motifs is 1. The van der Waals surface area contributed by atoms with E-state index < -0.39 is 0 Å². The highest BCUT2D eigenvalue weighted by atomic mass is 16.5. The maximum atomic E-state index is 13.7. The number of benzene rings is 2. The quantitative estimate of drug-likeness (QED) is 0.414. The lowest BCUT2D eigenvalue weighted by atomic mass is 9.99. The lowest BCUT2D eigenvalue weighted by molar-refractivity contribution is 0.197. The molecule has 0 bridgehead atoms. The van der Waals surface area contributed by atoms with Crippen molar-refractivity contribution >= 4 is 16.6 Å². The van der Waals surface area contributed by atoms with Crippen LogP contribution in [0.5, 0.6) is 5.75 Å². The van der Waals surface area contributed by atoms with Gasteiger partial charge in [0.05, 0.1) is 18.7 Å². The number of aromatic nitrogens is 5. The standard InChI is InChI=1S/C29H35N7O2/c1-19-8-9-21-18-25(29(37)30-26(21)20(19)2)27(28-31-32-33-36(28)23-6-4-5-7-23)35-16-14-34(15-17-35)22-10-12-24(38-3)13-11-22/h8-13,18,23,27H,4-7,14-17H2,1-3H3,(H,30,37)/t27-/m1/s1. The smallest absolute Gasteiger partial charge is 0.253 e. The second-order valence-electron chi connectivity index (χ2n) is 10.6. The van der Waals surface area contributed by atoms with Crippen LogP contribution in [0.25, 0.3) is 10.9 Å². The minimum Gasteiger partial charge on any atom is -0.497 e. The molecular formula is C29H35N7O2. The molecule has 3 heterocycles. The van der Waals surface area contributed by atoms with Gasteiger partial charge in [0, 0.05) is 37.4 Å². The summed E-state index contributed by atoms with van der Waals surface area (Å²) in [5.74, 6) is 1.62. The Morgan fingerprint density at radius 1 is 1.00 bits per heavy atom. The van der Waals surface area contributed by atoms with Crippen LogP contribution in [0.1, 0.15) is 60.3 Å². The molecule has 9 nitrogen and oxygen atoms in total. The van der Waals surface area contributed by atoms with Gasteiger partial charge in [0.15, 0.2) is 5.82 Å². The zero-order valence-corrected chi connectivity index (χ0v) is 22.4. The summed E-state index contributed by atoms with van der Waals surface area (Å²) >= 11 is 0. The van der Waals surface area contributed by atoms with Crippen molar-refractivity contribution in [1.29, 1.82) is 0 Å². The molecule has 0 radical (unpaired) electrons. The second-order valence-corrected chi connectivity index (χ2v) is 10.6. The van der Waals surface area contributed by atoms with Gasteiger partial charge in [0.25, 0.3) is 5.56 Å². The average molecular weight is 514 g/mol. The molecule has 1 aliphatic carbocycles. The van der Waals surface area contributed by atoms with Crippen LogP contribution in [0.4, 0.5) is 5.69 Å². The summed E-state index contributed by atoms with van der Waals surface area (Å²) in [5.41, 5.74) is 4.97. The molecule has 1 atom stereocenters. The maximum Gasteiger partial charge on any atom is 0.253 e. The maximum absolute atomic E-state index is 13.7. The fraction of sp³-hybridized carbons (Fsp3) is 0.448. The largest absolute Gasteiger partial charge is 0.497 e. The number of hydrogen-bond acceptors (Lipinski definition) is 7. The molecule has 198 valence electrons. The summed E-state index contributed by atoms with van der Waals surface area (Å²) < 4.78 is 7.32. The number of ether oxygens (including phenoxy) is 1. The third-order valence-corrected chi connectivity index (χ3v) is 8.42. The Balaban J connectivity index is 1.37. The number of pyridine rings is 1. The summed E-state index contributed by atoms with van der Waals surface area (Å²) in [5, 5.41) is 14.1. The van der Waals surface area contributed by atoms with E-state index in [4.69, 9.17) is 4.74 Å². The van der Waals surface area contributed by atoms with Gasteiger partial charge in [-0.2, -0.15) is 0 Å². The van der Waals surface area contributed by atoms with E-state index >= 15 is 0 Å². The van der Waals surface area contributed by atoms with Gasteiger partial charge in [-0.05, 0) is 84.0 Å². The lowest BCUT2D eigenvalue weighted by Crippen LogP contribution is -2.49. The molecule has 0 unspecified atom stereocenters. The molecule has 1 saturated heterocycles. The highest BCUT2D eigenvalue weighted by Crippen LogP contribution is 2.35. The molecule has 2 aromatic carbocycles. The summed E-state index contributed by atoms with van der Waals surface area (Å²) in [6, 6.07) is 14.4. The van der Waals surface area contributed by atoms with E-state index in [-0.39, 0.29) is 17.6 Å². The van der Waals surface area contributed by atoms with Crippen LogP contribution in [0.2, 0.25) is 0 Å². The van der Waals surface area contributed by atoms with Gasteiger partial charge >= 0.3 is 0 Å². The highest BCUT2D eigenvalue weighted by Gasteiger charge is 2.34. The summed E-state index contributed by atoms with van der Waals surface area (Å²) in [6.45, 7) is 7.40. The second kappa shape index (κ2) is 10.2. The molecule has 1 saturated carbocycles. The Hall–Kier alpha value is -3.72. The minimum absolute atomic E-state index is 0.0743. The molecule has 1 N–H and O–H groups in total. The molecule has 38 heavy (non-hydrogen) atoms. The Morgan fingerprint density at radius 3 is 2.45 bits per heavy atom. The van der Waals surface area contributed by atoms with E-state index in [1.807, 2.05) is 16.8 Å². The molecule has 1 aliphatic heterocycles. The molecule has 9 heteroatoms. The first-order valence-corrected chi connectivity index (χ1v) is 13.6. The van der Waals surface area contributed by atoms with Crippen molar-refractivity contribution in [2.75, 3.05) is 38.2 Å². The molecule has 0 amide bonds. The van der Waals surface area contributed by atoms with Crippen molar-refractivity contribution in [3.05, 3.63) is 75.3 Å². The predicted octanol–water partition coefficient (Wildman–Crippen LogP) is 4.17. The van der Waals surface area contributed by atoms with Gasteiger partial charge < -0.3 is 14.6 Å². The number of aromatic amines is 1. The van der Waals surface area contributed by atoms with Crippen molar-refractivity contribution < 1.29 is 4.74 Å². The van der Waals surface area contributed by atoms with Crippen molar-refractivity contribution in [1.82, 2.24) is 30.1 Å². The number of piperazine rings is 1. The number of aryl methyl sites for hydroxylation is 2. The summed E-state index contributed by atoms with van der Waals surface area (Å²) in [7, 11) is 1.68. The first-order chi connectivity index (χ1) is 18.5. The molecule has 2 aliphatic rings. The van der Waals surface area contributed by atoms with Crippen LogP contribution >= 0.6 is 0 Å². The molecule has 6 rings (SSSR count). The first-order valence-electron chi connectivity index (χ1n) is 13.6. The number of rotatable bonds is 6. The van der Waals surface area contributed by atoms with Crippen LogP contribution < -0.4 is 15.2 Å². The van der Waals surface area contributed by atoms with Crippen LogP contribution in [0, 0.1) is 13.8 Å². The summed E-state index contributed by atoms with van der Waals surface area (Å²) in [6.07, 6.45) is 4.51. The normalized spacial score (nSPS) is 17.8. The van der Waals surface area contributed by atoms with Gasteiger partial charge in [0.2, 0.25) is 0 Å². The minimum atomic E-state index is -0.321. The number of hydrogen-bond donors (Lipinski definition) is 1. The highest BCUT2D eigenvalue weighted by molar-refractivity contribution is 5.83. The van der Waals surface area contributed by atoms with Crippen molar-refractivity contribution in [3.8, 4) is 5.75 Å². The topological polar surface area (TPSA) is 92.2 Å². The van der Waals surface area contributed by atoms with E-state index in [0.29, 0.717) is 5.56 Å². The molecule has 2 fully saturated rings. The fourth-order valence-electron chi connectivity index (χ4n) is 6.06. The number of H-pyrrole nitrogens is 1. The third kappa shape index (κ3) is 4.45. The van der Waals surface area contributed by atoms with Crippen molar-refractivity contribution in [3.63, 3.8) is 0 Å². The summed E-state index contributed by atoms with van der Waals surface area (Å²) in [4.78, 5) is 21.6. The first kappa shape index (κ1) is 24.6. The molecule has 2 aromatic heterocycles. The zero-order chi connectivity index (χ0) is 26.2. The molecule has 0 spiro atoms. The number of tetrazole rings is 1. The van der Waals surface area contributed by atoms with Gasteiger partial charge in [-0.25, -0.2) is 4.68 Å². The van der Waals surface area contributed by atoms with E-state index in [0.717, 1.165) is 72.6 Å². The Bertz CT molecular complexity index is 1480. The van der Waals surface area contributed by atoms with E-state index in [1.54, 1.807) is 7.11 Å². The SMILES string of the molecule is COc1ccc(N2CCN([C@H](c3cc4ccc(C)c(C)c4[nH]c3=O)c3nnnn3C3CCCC3)CC2)cc1. The average Bonchev–Trinajstić information content (AvgIpc) is 3.65. The molecule has 4 aromatic rings. The van der Waals surface area contributed by atoms with Gasteiger partial charge in [-0.3, -0.25) is 9.69 Å². The Kier molecular flexibility index (Phi) is 6.61.